The predicted octanol–water partition coefficient (Wildman–Crippen LogP) is 4.28. The summed E-state index contributed by atoms with van der Waals surface area (Å²) in [5.74, 6) is 1.60. The first-order valence-corrected chi connectivity index (χ1v) is 9.81. The van der Waals surface area contributed by atoms with Gasteiger partial charge in [0, 0.05) is 25.1 Å². The van der Waals surface area contributed by atoms with E-state index < -0.39 is 0 Å². The number of halogens is 2. The molecule has 2 aromatic carbocycles. The van der Waals surface area contributed by atoms with E-state index in [2.05, 4.69) is 46.0 Å². The van der Waals surface area contributed by atoms with Crippen molar-refractivity contribution in [2.75, 3.05) is 31.6 Å². The molecule has 7 heteroatoms. The molecule has 0 bridgehead atoms. The van der Waals surface area contributed by atoms with E-state index in [1.165, 1.54) is 11.1 Å². The molecule has 0 aliphatic carbocycles. The van der Waals surface area contributed by atoms with Gasteiger partial charge in [0.25, 0.3) is 0 Å². The van der Waals surface area contributed by atoms with Crippen molar-refractivity contribution in [1.82, 2.24) is 5.32 Å². The molecule has 1 fully saturated rings. The number of hydrogen-bond acceptors (Lipinski definition) is 5. The van der Waals surface area contributed by atoms with Crippen molar-refractivity contribution in [1.29, 1.82) is 0 Å². The van der Waals surface area contributed by atoms with Crippen LogP contribution in [-0.4, -0.2) is 38.4 Å². The maximum atomic E-state index is 6.45. The van der Waals surface area contributed by atoms with Crippen LogP contribution >= 0.6 is 24.0 Å². The van der Waals surface area contributed by atoms with Gasteiger partial charge in [0.1, 0.15) is 11.9 Å². The molecule has 5 nitrogen and oxygen atoms in total. The number of benzene rings is 2. The molecule has 2 aliphatic rings. The zero-order valence-electron chi connectivity index (χ0n) is 15.6. The highest BCUT2D eigenvalue weighted by Gasteiger charge is 2.16. The molecular formula is C21H25Cl2N3O2. The van der Waals surface area contributed by atoms with Crippen LogP contribution < -0.4 is 15.4 Å². The number of anilines is 1. The highest BCUT2D eigenvalue weighted by atomic mass is 35.5. The largest absolute Gasteiger partial charge is 0.489 e. The second-order valence-electron chi connectivity index (χ2n) is 6.85. The lowest BCUT2D eigenvalue weighted by atomic mass is 10.0. The second kappa shape index (κ2) is 10.0. The Morgan fingerprint density at radius 2 is 1.86 bits per heavy atom. The summed E-state index contributed by atoms with van der Waals surface area (Å²) in [6.45, 7) is 3.24. The molecule has 0 unspecified atom stereocenters. The van der Waals surface area contributed by atoms with Crippen LogP contribution in [0.3, 0.4) is 0 Å². The summed E-state index contributed by atoms with van der Waals surface area (Å²) in [5, 5.41) is 7.15. The third kappa shape index (κ3) is 5.53. The van der Waals surface area contributed by atoms with Gasteiger partial charge in [-0.15, -0.1) is 12.4 Å². The summed E-state index contributed by atoms with van der Waals surface area (Å²) in [4.78, 5) is 4.34. The Kier molecular flexibility index (Phi) is 7.43. The van der Waals surface area contributed by atoms with E-state index >= 15 is 0 Å². The van der Waals surface area contributed by atoms with Crippen LogP contribution in [0, 0.1) is 0 Å². The van der Waals surface area contributed by atoms with Gasteiger partial charge in [0.05, 0.1) is 24.8 Å². The Morgan fingerprint density at radius 3 is 2.54 bits per heavy atom. The number of rotatable bonds is 5. The van der Waals surface area contributed by atoms with Gasteiger partial charge in [-0.25, -0.2) is 0 Å². The van der Waals surface area contributed by atoms with Crippen LogP contribution in [-0.2, 0) is 11.2 Å². The minimum atomic E-state index is 0. The Bertz CT molecular complexity index is 806. The van der Waals surface area contributed by atoms with Gasteiger partial charge in [-0.05, 0) is 41.8 Å². The molecule has 0 aromatic heterocycles. The van der Waals surface area contributed by atoms with Crippen LogP contribution in [0.25, 0.3) is 0 Å². The van der Waals surface area contributed by atoms with Crippen molar-refractivity contribution in [2.24, 2.45) is 4.99 Å². The highest BCUT2D eigenvalue weighted by Crippen LogP contribution is 2.29. The van der Waals surface area contributed by atoms with Gasteiger partial charge in [0.15, 0.2) is 5.96 Å². The lowest BCUT2D eigenvalue weighted by Crippen LogP contribution is -2.26. The fourth-order valence-corrected chi connectivity index (χ4v) is 3.53. The minimum Gasteiger partial charge on any atom is -0.489 e. The number of ether oxygens (including phenoxy) is 2. The van der Waals surface area contributed by atoms with Crippen molar-refractivity contribution < 1.29 is 9.47 Å². The third-order valence-electron chi connectivity index (χ3n) is 4.76. The third-order valence-corrected chi connectivity index (χ3v) is 5.05. The van der Waals surface area contributed by atoms with Crippen LogP contribution in [0.1, 0.15) is 24.0 Å². The molecule has 28 heavy (non-hydrogen) atoms. The number of guanidine groups is 1. The van der Waals surface area contributed by atoms with Crippen molar-refractivity contribution in [3.8, 4) is 5.75 Å². The molecule has 0 saturated carbocycles. The van der Waals surface area contributed by atoms with Crippen molar-refractivity contribution in [2.45, 2.75) is 25.4 Å². The maximum Gasteiger partial charge on any atom is 0.195 e. The average Bonchev–Trinajstić information content (AvgIpc) is 3.19. The maximum absolute atomic E-state index is 6.45. The van der Waals surface area contributed by atoms with E-state index in [0.717, 1.165) is 63.0 Å². The summed E-state index contributed by atoms with van der Waals surface area (Å²) < 4.78 is 11.4. The molecular weight excluding hydrogens is 397 g/mol. The molecule has 2 aliphatic heterocycles. The summed E-state index contributed by atoms with van der Waals surface area (Å²) >= 11 is 6.45. The normalized spacial score (nSPS) is 16.7. The first kappa shape index (κ1) is 20.8. The molecule has 1 saturated heterocycles. The van der Waals surface area contributed by atoms with Gasteiger partial charge in [-0.1, -0.05) is 29.8 Å². The number of hydrogen-bond donors (Lipinski definition) is 2. The van der Waals surface area contributed by atoms with Crippen molar-refractivity contribution >= 4 is 35.7 Å². The van der Waals surface area contributed by atoms with E-state index in [1.54, 1.807) is 0 Å². The van der Waals surface area contributed by atoms with E-state index in [9.17, 15) is 0 Å². The van der Waals surface area contributed by atoms with Crippen LogP contribution in [0.5, 0.6) is 5.75 Å². The molecule has 2 N–H and O–H groups in total. The molecule has 2 heterocycles. The quantitative estimate of drug-likeness (QED) is 0.755. The summed E-state index contributed by atoms with van der Waals surface area (Å²) in [5.41, 5.74) is 3.43. The molecule has 2 aromatic rings. The Balaban J connectivity index is 0.00000225. The molecule has 0 spiro atoms. The van der Waals surface area contributed by atoms with Gasteiger partial charge in [0.2, 0.25) is 0 Å². The fraction of sp³-hybridized carbons (Fsp3) is 0.381. The number of nitrogens with one attached hydrogen (secondary N) is 2. The lowest BCUT2D eigenvalue weighted by molar-refractivity contribution is 0.0256. The Morgan fingerprint density at radius 1 is 1.11 bits per heavy atom. The molecule has 150 valence electrons. The van der Waals surface area contributed by atoms with Crippen LogP contribution in [0.4, 0.5) is 5.69 Å². The van der Waals surface area contributed by atoms with E-state index in [-0.39, 0.29) is 18.5 Å². The number of nitrogens with zero attached hydrogens (tertiary/aromatic N) is 1. The minimum absolute atomic E-state index is 0. The average molecular weight is 422 g/mol. The van der Waals surface area contributed by atoms with Crippen LogP contribution in [0.15, 0.2) is 47.5 Å². The van der Waals surface area contributed by atoms with E-state index in [0.29, 0.717) is 5.02 Å². The molecule has 4 rings (SSSR count). The van der Waals surface area contributed by atoms with Gasteiger partial charge >= 0.3 is 0 Å². The predicted molar refractivity (Wildman–Crippen MR) is 116 cm³/mol. The Hall–Kier alpha value is -1.95. The Labute approximate surface area is 176 Å². The first-order valence-electron chi connectivity index (χ1n) is 9.43. The molecule has 0 radical (unpaired) electrons. The lowest BCUT2D eigenvalue weighted by Gasteiger charge is -2.24. The van der Waals surface area contributed by atoms with Gasteiger partial charge in [-0.3, -0.25) is 4.99 Å². The monoisotopic (exact) mass is 421 g/mol. The van der Waals surface area contributed by atoms with Gasteiger partial charge < -0.3 is 20.1 Å². The smallest absolute Gasteiger partial charge is 0.195 e. The standard InChI is InChI=1S/C21H24ClN3O2.ClH/c22-19-14-16(3-6-20(19)27-18-7-11-26-12-8-18)13-15-1-4-17(5-2-15)25-21-23-9-10-24-21;/h1-6,14,18H,7-13H2,(H2,23,24,25);1H. The topological polar surface area (TPSA) is 54.9 Å². The first-order chi connectivity index (χ1) is 13.3. The van der Waals surface area contributed by atoms with Crippen molar-refractivity contribution in [3.05, 3.63) is 58.6 Å². The zero-order chi connectivity index (χ0) is 18.5. The SMILES string of the molecule is Cl.Clc1cc(Cc2ccc(NC3=NCCN3)cc2)ccc1OC1CCOCC1. The fourth-order valence-electron chi connectivity index (χ4n) is 3.28. The molecule has 0 amide bonds. The van der Waals surface area contributed by atoms with E-state index in [4.69, 9.17) is 21.1 Å². The zero-order valence-corrected chi connectivity index (χ0v) is 17.2. The summed E-state index contributed by atoms with van der Waals surface area (Å²) in [6.07, 6.45) is 2.86. The van der Waals surface area contributed by atoms with Crippen LogP contribution in [0.2, 0.25) is 5.02 Å². The summed E-state index contributed by atoms with van der Waals surface area (Å²) in [7, 11) is 0. The van der Waals surface area contributed by atoms with Gasteiger partial charge in [-0.2, -0.15) is 0 Å². The summed E-state index contributed by atoms with van der Waals surface area (Å²) in [6, 6.07) is 14.5. The van der Waals surface area contributed by atoms with E-state index in [1.807, 2.05) is 12.1 Å². The highest BCUT2D eigenvalue weighted by molar-refractivity contribution is 6.32. The number of aliphatic imine (C=N–C) groups is 1. The second-order valence-corrected chi connectivity index (χ2v) is 7.26. The molecule has 0 atom stereocenters. The van der Waals surface area contributed by atoms with Crippen molar-refractivity contribution in [3.63, 3.8) is 0 Å².